The Kier molecular flexibility index (Phi) is 5.47. The third-order valence-electron chi connectivity index (χ3n) is 3.25. The molecule has 100 valence electrons. The van der Waals surface area contributed by atoms with Crippen molar-refractivity contribution in [3.05, 3.63) is 28.7 Å². The van der Waals surface area contributed by atoms with Crippen molar-refractivity contribution in [2.24, 2.45) is 0 Å². The highest BCUT2D eigenvalue weighted by Gasteiger charge is 2.15. The van der Waals surface area contributed by atoms with E-state index in [1.165, 1.54) is 19.4 Å². The summed E-state index contributed by atoms with van der Waals surface area (Å²) in [4.78, 5) is 2.34. The molecule has 1 heterocycles. The van der Waals surface area contributed by atoms with Gasteiger partial charge in [-0.1, -0.05) is 15.9 Å². The summed E-state index contributed by atoms with van der Waals surface area (Å²) in [6.45, 7) is 4.00. The zero-order valence-electron chi connectivity index (χ0n) is 10.9. The maximum Gasteiger partial charge on any atom is 0.119 e. The smallest absolute Gasteiger partial charge is 0.119 e. The van der Waals surface area contributed by atoms with Gasteiger partial charge in [0.15, 0.2) is 0 Å². The molecule has 1 unspecified atom stereocenters. The Morgan fingerprint density at radius 1 is 1.39 bits per heavy atom. The Hall–Kier alpha value is -0.580. The average molecular weight is 313 g/mol. The standard InChI is InChI=1S/C14H21BrN2O/c1-17(11-13-3-2-8-16-13)9-10-18-14-6-4-12(15)5-7-14/h4-7,13,16H,2-3,8-11H2,1H3. The van der Waals surface area contributed by atoms with Crippen LogP contribution in [0.5, 0.6) is 5.75 Å². The van der Waals surface area contributed by atoms with Crippen LogP contribution in [0.1, 0.15) is 12.8 Å². The summed E-state index contributed by atoms with van der Waals surface area (Å²) in [5.41, 5.74) is 0. The van der Waals surface area contributed by atoms with Crippen molar-refractivity contribution in [3.63, 3.8) is 0 Å². The largest absolute Gasteiger partial charge is 0.492 e. The molecular formula is C14H21BrN2O. The molecule has 1 N–H and O–H groups in total. The van der Waals surface area contributed by atoms with Crippen LogP contribution in [0, 0.1) is 0 Å². The van der Waals surface area contributed by atoms with Crippen LogP contribution < -0.4 is 10.1 Å². The SMILES string of the molecule is CN(CCOc1ccc(Br)cc1)CC1CCCN1. The lowest BCUT2D eigenvalue weighted by atomic mass is 10.2. The van der Waals surface area contributed by atoms with Crippen molar-refractivity contribution in [3.8, 4) is 5.75 Å². The van der Waals surface area contributed by atoms with Crippen LogP contribution in [0.25, 0.3) is 0 Å². The van der Waals surface area contributed by atoms with E-state index in [1.807, 2.05) is 24.3 Å². The van der Waals surface area contributed by atoms with E-state index < -0.39 is 0 Å². The van der Waals surface area contributed by atoms with Crippen LogP contribution in [0.4, 0.5) is 0 Å². The molecule has 2 rings (SSSR count). The fraction of sp³-hybridized carbons (Fsp3) is 0.571. The van der Waals surface area contributed by atoms with Gasteiger partial charge in [-0.05, 0) is 50.7 Å². The lowest BCUT2D eigenvalue weighted by Crippen LogP contribution is -2.37. The van der Waals surface area contributed by atoms with Gasteiger partial charge >= 0.3 is 0 Å². The summed E-state index contributed by atoms with van der Waals surface area (Å²) in [5.74, 6) is 0.936. The lowest BCUT2D eigenvalue weighted by molar-refractivity contribution is 0.225. The number of rotatable bonds is 6. The normalized spacial score (nSPS) is 19.4. The van der Waals surface area contributed by atoms with E-state index in [0.29, 0.717) is 6.04 Å². The van der Waals surface area contributed by atoms with Gasteiger partial charge in [-0.25, -0.2) is 0 Å². The van der Waals surface area contributed by atoms with E-state index in [-0.39, 0.29) is 0 Å². The molecule has 1 aliphatic rings. The number of likely N-dealkylation sites (N-methyl/N-ethyl adjacent to an activating group) is 1. The van der Waals surface area contributed by atoms with Crippen LogP contribution in [-0.4, -0.2) is 44.2 Å². The predicted molar refractivity (Wildman–Crippen MR) is 78.2 cm³/mol. The topological polar surface area (TPSA) is 24.5 Å². The maximum absolute atomic E-state index is 5.71. The van der Waals surface area contributed by atoms with Gasteiger partial charge in [-0.2, -0.15) is 0 Å². The molecule has 18 heavy (non-hydrogen) atoms. The minimum atomic E-state index is 0.669. The van der Waals surface area contributed by atoms with Gasteiger partial charge in [0, 0.05) is 23.6 Å². The first-order chi connectivity index (χ1) is 8.74. The molecule has 1 aromatic carbocycles. The van der Waals surface area contributed by atoms with Crippen molar-refractivity contribution >= 4 is 15.9 Å². The van der Waals surface area contributed by atoms with Gasteiger partial charge in [0.2, 0.25) is 0 Å². The van der Waals surface area contributed by atoms with Gasteiger partial charge in [-0.3, -0.25) is 0 Å². The molecule has 3 nitrogen and oxygen atoms in total. The first-order valence-electron chi connectivity index (χ1n) is 6.54. The van der Waals surface area contributed by atoms with E-state index in [9.17, 15) is 0 Å². The fourth-order valence-corrected chi connectivity index (χ4v) is 2.49. The second-order valence-corrected chi connectivity index (χ2v) is 5.77. The van der Waals surface area contributed by atoms with E-state index >= 15 is 0 Å². The molecule has 1 fully saturated rings. The molecule has 0 radical (unpaired) electrons. The third kappa shape index (κ3) is 4.59. The molecule has 0 aromatic heterocycles. The number of hydrogen-bond acceptors (Lipinski definition) is 3. The molecule has 0 saturated carbocycles. The summed E-state index contributed by atoms with van der Waals surface area (Å²) < 4.78 is 6.80. The van der Waals surface area contributed by atoms with Gasteiger partial charge in [-0.15, -0.1) is 0 Å². The summed E-state index contributed by atoms with van der Waals surface area (Å²) in [6.07, 6.45) is 2.62. The number of ether oxygens (including phenoxy) is 1. The first kappa shape index (κ1) is 13.8. The Morgan fingerprint density at radius 2 is 2.17 bits per heavy atom. The zero-order chi connectivity index (χ0) is 12.8. The van der Waals surface area contributed by atoms with Crippen LogP contribution in [-0.2, 0) is 0 Å². The van der Waals surface area contributed by atoms with Crippen molar-refractivity contribution in [1.29, 1.82) is 0 Å². The Morgan fingerprint density at radius 3 is 2.83 bits per heavy atom. The molecule has 1 aliphatic heterocycles. The fourth-order valence-electron chi connectivity index (χ4n) is 2.23. The highest BCUT2D eigenvalue weighted by molar-refractivity contribution is 9.10. The van der Waals surface area contributed by atoms with Gasteiger partial charge in [0.1, 0.15) is 12.4 Å². The minimum Gasteiger partial charge on any atom is -0.492 e. The quantitative estimate of drug-likeness (QED) is 0.873. The minimum absolute atomic E-state index is 0.669. The van der Waals surface area contributed by atoms with Crippen molar-refractivity contribution < 1.29 is 4.74 Å². The first-order valence-corrected chi connectivity index (χ1v) is 7.33. The van der Waals surface area contributed by atoms with Gasteiger partial charge in [0.05, 0.1) is 0 Å². The average Bonchev–Trinajstić information content (AvgIpc) is 2.84. The van der Waals surface area contributed by atoms with Gasteiger partial charge < -0.3 is 15.0 Å². The van der Waals surface area contributed by atoms with E-state index in [0.717, 1.165) is 29.9 Å². The molecular weight excluding hydrogens is 292 g/mol. The van der Waals surface area contributed by atoms with E-state index in [4.69, 9.17) is 4.74 Å². The van der Waals surface area contributed by atoms with Crippen molar-refractivity contribution in [1.82, 2.24) is 10.2 Å². The molecule has 0 bridgehead atoms. The van der Waals surface area contributed by atoms with Crippen LogP contribution in [0.3, 0.4) is 0 Å². The molecule has 1 saturated heterocycles. The molecule has 0 aliphatic carbocycles. The highest BCUT2D eigenvalue weighted by Crippen LogP contribution is 2.16. The summed E-state index contributed by atoms with van der Waals surface area (Å²) in [6, 6.07) is 8.65. The molecule has 1 aromatic rings. The second-order valence-electron chi connectivity index (χ2n) is 4.86. The monoisotopic (exact) mass is 312 g/mol. The number of halogens is 1. The van der Waals surface area contributed by atoms with Gasteiger partial charge in [0.25, 0.3) is 0 Å². The summed E-state index contributed by atoms with van der Waals surface area (Å²) in [5, 5.41) is 3.51. The number of hydrogen-bond donors (Lipinski definition) is 1. The Bertz CT molecular complexity index is 349. The molecule has 1 atom stereocenters. The molecule has 0 amide bonds. The summed E-state index contributed by atoms with van der Waals surface area (Å²) in [7, 11) is 2.16. The lowest BCUT2D eigenvalue weighted by Gasteiger charge is -2.21. The Labute approximate surface area is 118 Å². The van der Waals surface area contributed by atoms with Crippen molar-refractivity contribution in [2.45, 2.75) is 18.9 Å². The Balaban J connectivity index is 1.63. The molecule has 4 heteroatoms. The van der Waals surface area contributed by atoms with E-state index in [2.05, 4.69) is 33.2 Å². The zero-order valence-corrected chi connectivity index (χ0v) is 12.4. The van der Waals surface area contributed by atoms with E-state index in [1.54, 1.807) is 0 Å². The summed E-state index contributed by atoms with van der Waals surface area (Å²) >= 11 is 3.41. The predicted octanol–water partition coefficient (Wildman–Crippen LogP) is 2.51. The van der Waals surface area contributed by atoms with Crippen LogP contribution in [0.2, 0.25) is 0 Å². The number of benzene rings is 1. The highest BCUT2D eigenvalue weighted by atomic mass is 79.9. The van der Waals surface area contributed by atoms with Crippen molar-refractivity contribution in [2.75, 3.05) is 33.3 Å². The number of nitrogens with zero attached hydrogens (tertiary/aromatic N) is 1. The second kappa shape index (κ2) is 7.12. The molecule has 0 spiro atoms. The third-order valence-corrected chi connectivity index (χ3v) is 3.78. The maximum atomic E-state index is 5.71. The number of nitrogens with one attached hydrogen (secondary N) is 1. The van der Waals surface area contributed by atoms with Crippen LogP contribution in [0.15, 0.2) is 28.7 Å². The van der Waals surface area contributed by atoms with Crippen LogP contribution >= 0.6 is 15.9 Å².